The maximum Gasteiger partial charge on any atom is 0.323 e. The van der Waals surface area contributed by atoms with Crippen LogP contribution in [0.25, 0.3) is 0 Å². The molecule has 2 aromatic carbocycles. The lowest BCUT2D eigenvalue weighted by Gasteiger charge is -2.26. The largest absolute Gasteiger partial charge is 0.508 e. The maximum atomic E-state index is 12.7. The summed E-state index contributed by atoms with van der Waals surface area (Å²) in [5, 5.41) is 23.9. The molecule has 3 rings (SSSR count). The number of benzene rings is 2. The van der Waals surface area contributed by atoms with Gasteiger partial charge >= 0.3 is 6.03 Å². The van der Waals surface area contributed by atoms with Crippen LogP contribution in [0.2, 0.25) is 5.02 Å². The third-order valence-electron chi connectivity index (χ3n) is 3.95. The molecule has 2 amide bonds. The first-order chi connectivity index (χ1) is 13.3. The van der Waals surface area contributed by atoms with E-state index in [1.807, 2.05) is 0 Å². The van der Waals surface area contributed by atoms with Crippen LogP contribution in [-0.4, -0.2) is 55.3 Å². The summed E-state index contributed by atoms with van der Waals surface area (Å²) in [7, 11) is -3.75. The number of halogens is 1. The summed E-state index contributed by atoms with van der Waals surface area (Å²) in [6, 6.07) is 6.87. The molecule has 0 saturated carbocycles. The van der Waals surface area contributed by atoms with Crippen molar-refractivity contribution in [2.24, 2.45) is 0 Å². The molecule has 0 atom stereocenters. The second kappa shape index (κ2) is 8.23. The van der Waals surface area contributed by atoms with Crippen molar-refractivity contribution in [1.82, 2.24) is 4.31 Å². The van der Waals surface area contributed by atoms with Gasteiger partial charge in [-0.1, -0.05) is 11.6 Å². The number of morpholine rings is 1. The van der Waals surface area contributed by atoms with E-state index in [2.05, 4.69) is 10.6 Å². The minimum absolute atomic E-state index is 0.0101. The van der Waals surface area contributed by atoms with Crippen LogP contribution in [0.4, 0.5) is 16.2 Å². The number of ether oxygens (including phenoxy) is 1. The fourth-order valence-electron chi connectivity index (χ4n) is 2.65. The summed E-state index contributed by atoms with van der Waals surface area (Å²) in [6.07, 6.45) is 0. The summed E-state index contributed by atoms with van der Waals surface area (Å²) < 4.78 is 32.0. The van der Waals surface area contributed by atoms with E-state index in [9.17, 15) is 23.4 Å². The molecule has 28 heavy (non-hydrogen) atoms. The number of nitrogens with one attached hydrogen (secondary N) is 2. The first kappa shape index (κ1) is 20.2. The Bertz CT molecular complexity index is 972. The van der Waals surface area contributed by atoms with E-state index in [0.29, 0.717) is 13.2 Å². The number of aromatic hydroxyl groups is 2. The van der Waals surface area contributed by atoms with Crippen LogP contribution in [0.3, 0.4) is 0 Å². The lowest BCUT2D eigenvalue weighted by atomic mass is 10.3. The Balaban J connectivity index is 1.78. The number of anilines is 2. The molecule has 0 aromatic heterocycles. The smallest absolute Gasteiger partial charge is 0.323 e. The molecule has 11 heteroatoms. The summed E-state index contributed by atoms with van der Waals surface area (Å²) in [6.45, 7) is 1.12. The number of hydrogen-bond acceptors (Lipinski definition) is 6. The number of rotatable bonds is 4. The highest BCUT2D eigenvalue weighted by atomic mass is 35.5. The van der Waals surface area contributed by atoms with Crippen LogP contribution >= 0.6 is 11.6 Å². The molecule has 0 aliphatic carbocycles. The predicted octanol–water partition coefficient (Wildman–Crippen LogP) is 2.42. The van der Waals surface area contributed by atoms with Crippen LogP contribution in [0.1, 0.15) is 0 Å². The zero-order chi connectivity index (χ0) is 20.3. The number of amides is 2. The average Bonchev–Trinajstić information content (AvgIpc) is 2.63. The van der Waals surface area contributed by atoms with E-state index >= 15 is 0 Å². The van der Waals surface area contributed by atoms with Gasteiger partial charge in [0.15, 0.2) is 0 Å². The number of hydrogen-bond donors (Lipinski definition) is 4. The molecule has 0 spiro atoms. The van der Waals surface area contributed by atoms with Gasteiger partial charge in [-0.25, -0.2) is 13.2 Å². The van der Waals surface area contributed by atoms with Crippen molar-refractivity contribution in [2.75, 3.05) is 36.9 Å². The lowest BCUT2D eigenvalue weighted by Crippen LogP contribution is -2.40. The molecule has 1 saturated heterocycles. The highest BCUT2D eigenvalue weighted by Crippen LogP contribution is 2.28. The summed E-state index contributed by atoms with van der Waals surface area (Å²) >= 11 is 6.08. The van der Waals surface area contributed by atoms with Gasteiger partial charge in [0.05, 0.1) is 28.8 Å². The van der Waals surface area contributed by atoms with Crippen LogP contribution in [0.5, 0.6) is 11.5 Å². The Kier molecular flexibility index (Phi) is 5.94. The van der Waals surface area contributed by atoms with Crippen LogP contribution in [0.15, 0.2) is 41.3 Å². The number of sulfonamides is 1. The fourth-order valence-corrected chi connectivity index (χ4v) is 4.25. The van der Waals surface area contributed by atoms with Crippen molar-refractivity contribution in [1.29, 1.82) is 0 Å². The Morgan fingerprint density at radius 1 is 1.04 bits per heavy atom. The van der Waals surface area contributed by atoms with Crippen molar-refractivity contribution >= 4 is 39.0 Å². The molecule has 4 N–H and O–H groups in total. The van der Waals surface area contributed by atoms with Gasteiger partial charge in [0.25, 0.3) is 0 Å². The lowest BCUT2D eigenvalue weighted by molar-refractivity contribution is 0.0730. The first-order valence-corrected chi connectivity index (χ1v) is 10.1. The molecule has 2 aromatic rings. The Morgan fingerprint density at radius 2 is 1.68 bits per heavy atom. The Hall–Kier alpha value is -2.53. The molecule has 0 radical (unpaired) electrons. The highest BCUT2D eigenvalue weighted by molar-refractivity contribution is 7.89. The minimum atomic E-state index is -3.75. The molecular weight excluding hydrogens is 410 g/mol. The standard InChI is InChI=1S/C17H18ClN3O6S/c18-15-2-1-14(28(25,26)21-3-5-27-6-4-21)10-16(15)20-17(24)19-11-7-12(22)9-13(23)8-11/h1-2,7-10,22-23H,3-6H2,(H2,19,20,24). The maximum absolute atomic E-state index is 12.7. The molecule has 1 aliphatic rings. The van der Waals surface area contributed by atoms with Crippen molar-refractivity contribution in [3.8, 4) is 11.5 Å². The Labute approximate surface area is 166 Å². The minimum Gasteiger partial charge on any atom is -0.508 e. The van der Waals surface area contributed by atoms with E-state index in [-0.39, 0.29) is 45.9 Å². The fraction of sp³-hybridized carbons (Fsp3) is 0.235. The van der Waals surface area contributed by atoms with E-state index in [0.717, 1.165) is 6.07 Å². The van der Waals surface area contributed by atoms with Gasteiger partial charge in [0.1, 0.15) is 11.5 Å². The molecule has 150 valence electrons. The first-order valence-electron chi connectivity index (χ1n) is 8.24. The van der Waals surface area contributed by atoms with Gasteiger partial charge in [-0.05, 0) is 18.2 Å². The van der Waals surface area contributed by atoms with Crippen LogP contribution in [0, 0.1) is 0 Å². The van der Waals surface area contributed by atoms with Gasteiger partial charge in [-0.15, -0.1) is 0 Å². The summed E-state index contributed by atoms with van der Waals surface area (Å²) in [5.74, 6) is -0.459. The molecule has 1 aliphatic heterocycles. The third kappa shape index (κ3) is 4.65. The van der Waals surface area contributed by atoms with E-state index in [1.54, 1.807) is 0 Å². The van der Waals surface area contributed by atoms with Gasteiger partial charge in [0, 0.05) is 37.0 Å². The Morgan fingerprint density at radius 3 is 2.32 bits per heavy atom. The average molecular weight is 428 g/mol. The van der Waals surface area contributed by atoms with E-state index < -0.39 is 16.1 Å². The molecular formula is C17H18ClN3O6S. The molecule has 9 nitrogen and oxygen atoms in total. The van der Waals surface area contributed by atoms with E-state index in [1.165, 1.54) is 34.6 Å². The van der Waals surface area contributed by atoms with Gasteiger partial charge in [-0.2, -0.15) is 4.31 Å². The third-order valence-corrected chi connectivity index (χ3v) is 6.18. The monoisotopic (exact) mass is 427 g/mol. The summed E-state index contributed by atoms with van der Waals surface area (Å²) in [4.78, 5) is 12.2. The number of nitrogens with zero attached hydrogens (tertiary/aromatic N) is 1. The number of urea groups is 1. The van der Waals surface area contributed by atoms with Gasteiger partial charge < -0.3 is 25.6 Å². The highest BCUT2D eigenvalue weighted by Gasteiger charge is 2.27. The SMILES string of the molecule is O=C(Nc1cc(O)cc(O)c1)Nc1cc(S(=O)(=O)N2CCOCC2)ccc1Cl. The molecule has 0 bridgehead atoms. The van der Waals surface area contributed by atoms with Gasteiger partial charge in [-0.3, -0.25) is 0 Å². The van der Waals surface area contributed by atoms with Crippen LogP contribution < -0.4 is 10.6 Å². The van der Waals surface area contributed by atoms with Gasteiger partial charge in [0.2, 0.25) is 10.0 Å². The number of phenols is 2. The molecule has 1 fully saturated rings. The topological polar surface area (TPSA) is 128 Å². The van der Waals surface area contributed by atoms with Crippen LogP contribution in [-0.2, 0) is 14.8 Å². The predicted molar refractivity (Wildman–Crippen MR) is 103 cm³/mol. The molecule has 1 heterocycles. The van der Waals surface area contributed by atoms with Crippen molar-refractivity contribution in [3.05, 3.63) is 41.4 Å². The molecule has 0 unspecified atom stereocenters. The second-order valence-corrected chi connectivity index (χ2v) is 8.32. The zero-order valence-electron chi connectivity index (χ0n) is 14.6. The normalized spacial score (nSPS) is 15.2. The van der Waals surface area contributed by atoms with Crippen molar-refractivity contribution in [3.63, 3.8) is 0 Å². The second-order valence-electron chi connectivity index (χ2n) is 5.98. The number of carbonyl (C=O) groups is 1. The quantitative estimate of drug-likeness (QED) is 0.593. The van der Waals surface area contributed by atoms with Crippen molar-refractivity contribution < 1.29 is 28.2 Å². The van der Waals surface area contributed by atoms with Crippen molar-refractivity contribution in [2.45, 2.75) is 4.90 Å². The number of phenolic OH excluding ortho intramolecular Hbond substituents is 2. The zero-order valence-corrected chi connectivity index (χ0v) is 16.1. The summed E-state index contributed by atoms with van der Waals surface area (Å²) in [5.41, 5.74) is 0.237. The van der Waals surface area contributed by atoms with E-state index in [4.69, 9.17) is 16.3 Å². The number of carbonyl (C=O) groups excluding carboxylic acids is 1.